The molecule has 1 saturated heterocycles. The zero-order valence-electron chi connectivity index (χ0n) is 11.5. The molecule has 3 aromatic heterocycles. The molecule has 1 fully saturated rings. The van der Waals surface area contributed by atoms with E-state index in [0.717, 1.165) is 18.9 Å². The molecule has 0 N–H and O–H groups in total. The van der Waals surface area contributed by atoms with Crippen LogP contribution in [0.2, 0.25) is 0 Å². The van der Waals surface area contributed by atoms with Crippen molar-refractivity contribution in [1.82, 2.24) is 25.3 Å². The highest BCUT2D eigenvalue weighted by Gasteiger charge is 2.27. The summed E-state index contributed by atoms with van der Waals surface area (Å²) in [5, 5.41) is 20.0. The molecule has 0 unspecified atom stereocenters. The summed E-state index contributed by atoms with van der Waals surface area (Å²) in [6.07, 6.45) is 0.224. The molecule has 8 heteroatoms. The molecule has 4 heterocycles. The Morgan fingerprint density at radius 3 is 3.10 bits per heavy atom. The Labute approximate surface area is 125 Å². The van der Waals surface area contributed by atoms with Crippen LogP contribution >= 0.6 is 11.3 Å². The Kier molecular flexibility index (Phi) is 3.04. The second-order valence-electron chi connectivity index (χ2n) is 5.12. The monoisotopic (exact) mass is 302 g/mol. The predicted molar refractivity (Wildman–Crippen MR) is 78.4 cm³/mol. The molecule has 7 nitrogen and oxygen atoms in total. The standard InChI is InChI=1S/C13H14N6OS/c1-9-6-18(7-11(20-9)10-4-5-21-8-10)13-3-2-12-14-16-17-19(12)15-13/h2-5,8-9,11H,6-7H2,1H3/t9-,11+/m0/s1. The van der Waals surface area contributed by atoms with Crippen LogP contribution in [0.3, 0.4) is 0 Å². The Morgan fingerprint density at radius 1 is 1.29 bits per heavy atom. The zero-order chi connectivity index (χ0) is 14.2. The van der Waals surface area contributed by atoms with Gasteiger partial charge in [0.25, 0.3) is 0 Å². The van der Waals surface area contributed by atoms with Crippen molar-refractivity contribution in [1.29, 1.82) is 0 Å². The van der Waals surface area contributed by atoms with Crippen molar-refractivity contribution in [3.05, 3.63) is 34.5 Å². The average molecular weight is 302 g/mol. The van der Waals surface area contributed by atoms with Gasteiger partial charge >= 0.3 is 0 Å². The van der Waals surface area contributed by atoms with Gasteiger partial charge < -0.3 is 9.64 Å². The normalized spacial score (nSPS) is 22.8. The maximum atomic E-state index is 6.04. The summed E-state index contributed by atoms with van der Waals surface area (Å²) in [5.74, 6) is 0.866. The van der Waals surface area contributed by atoms with Crippen molar-refractivity contribution in [2.24, 2.45) is 0 Å². The lowest BCUT2D eigenvalue weighted by molar-refractivity contribution is -0.0174. The first-order chi connectivity index (χ1) is 10.3. The van der Waals surface area contributed by atoms with Crippen LogP contribution in [0.25, 0.3) is 5.65 Å². The van der Waals surface area contributed by atoms with Crippen molar-refractivity contribution in [3.63, 3.8) is 0 Å². The maximum absolute atomic E-state index is 6.04. The summed E-state index contributed by atoms with van der Waals surface area (Å²) >= 11 is 1.69. The smallest absolute Gasteiger partial charge is 0.200 e. The van der Waals surface area contributed by atoms with E-state index >= 15 is 0 Å². The van der Waals surface area contributed by atoms with Gasteiger partial charge in [0.2, 0.25) is 0 Å². The molecule has 1 aliphatic rings. The van der Waals surface area contributed by atoms with Gasteiger partial charge in [-0.25, -0.2) is 0 Å². The van der Waals surface area contributed by atoms with Gasteiger partial charge in [-0.15, -0.1) is 14.8 Å². The molecule has 108 valence electrons. The average Bonchev–Trinajstić information content (AvgIpc) is 3.17. The van der Waals surface area contributed by atoms with Crippen LogP contribution in [0.15, 0.2) is 29.0 Å². The van der Waals surface area contributed by atoms with Gasteiger partial charge in [-0.1, -0.05) is 0 Å². The summed E-state index contributed by atoms with van der Waals surface area (Å²) in [4.78, 5) is 2.22. The van der Waals surface area contributed by atoms with Crippen LogP contribution in [0.5, 0.6) is 0 Å². The van der Waals surface area contributed by atoms with E-state index in [1.54, 1.807) is 11.3 Å². The maximum Gasteiger partial charge on any atom is 0.200 e. The van der Waals surface area contributed by atoms with Crippen LogP contribution in [0.4, 0.5) is 5.82 Å². The van der Waals surface area contributed by atoms with E-state index < -0.39 is 0 Å². The number of ether oxygens (including phenoxy) is 1. The van der Waals surface area contributed by atoms with Gasteiger partial charge in [0.1, 0.15) is 6.10 Å². The fourth-order valence-electron chi connectivity index (χ4n) is 2.59. The van der Waals surface area contributed by atoms with E-state index in [2.05, 4.69) is 49.3 Å². The Morgan fingerprint density at radius 2 is 2.24 bits per heavy atom. The van der Waals surface area contributed by atoms with E-state index in [0.29, 0.717) is 5.65 Å². The molecule has 4 rings (SSSR count). The third-order valence-electron chi connectivity index (χ3n) is 3.55. The molecule has 21 heavy (non-hydrogen) atoms. The molecule has 0 aliphatic carbocycles. The molecule has 2 atom stereocenters. The number of morpholine rings is 1. The molecular formula is C13H14N6OS. The first-order valence-electron chi connectivity index (χ1n) is 6.77. The van der Waals surface area contributed by atoms with Gasteiger partial charge in [0, 0.05) is 13.1 Å². The minimum Gasteiger partial charge on any atom is -0.367 e. The summed E-state index contributed by atoms with van der Waals surface area (Å²) < 4.78 is 7.50. The fraction of sp³-hybridized carbons (Fsp3) is 0.385. The third-order valence-corrected chi connectivity index (χ3v) is 4.26. The van der Waals surface area contributed by atoms with Crippen molar-refractivity contribution >= 4 is 22.8 Å². The molecule has 3 aromatic rings. The van der Waals surface area contributed by atoms with Gasteiger partial charge in [-0.05, 0) is 51.9 Å². The lowest BCUT2D eigenvalue weighted by atomic mass is 10.1. The second kappa shape index (κ2) is 5.05. The summed E-state index contributed by atoms with van der Waals surface area (Å²) in [5.41, 5.74) is 1.87. The van der Waals surface area contributed by atoms with E-state index in [4.69, 9.17) is 4.74 Å². The number of tetrazole rings is 1. The van der Waals surface area contributed by atoms with Crippen LogP contribution in [-0.2, 0) is 4.74 Å². The lowest BCUT2D eigenvalue weighted by Crippen LogP contribution is -2.43. The minimum atomic E-state index is 0.0753. The third kappa shape index (κ3) is 2.36. The van der Waals surface area contributed by atoms with Crippen molar-refractivity contribution in [3.8, 4) is 0 Å². The van der Waals surface area contributed by atoms with E-state index in [9.17, 15) is 0 Å². The minimum absolute atomic E-state index is 0.0753. The first-order valence-corrected chi connectivity index (χ1v) is 7.72. The number of fused-ring (bicyclic) bond motifs is 1. The number of anilines is 1. The molecule has 0 radical (unpaired) electrons. The highest BCUT2D eigenvalue weighted by atomic mass is 32.1. The van der Waals surface area contributed by atoms with Crippen LogP contribution in [-0.4, -0.2) is 44.4 Å². The number of hydrogen-bond donors (Lipinski definition) is 0. The van der Waals surface area contributed by atoms with Gasteiger partial charge in [-0.3, -0.25) is 0 Å². The zero-order valence-corrected chi connectivity index (χ0v) is 12.3. The van der Waals surface area contributed by atoms with E-state index in [1.807, 2.05) is 12.1 Å². The summed E-state index contributed by atoms with van der Waals surface area (Å²) in [7, 11) is 0. The highest BCUT2D eigenvalue weighted by molar-refractivity contribution is 7.07. The van der Waals surface area contributed by atoms with Crippen molar-refractivity contribution in [2.75, 3.05) is 18.0 Å². The number of nitrogens with zero attached hydrogens (tertiary/aromatic N) is 6. The van der Waals surface area contributed by atoms with Gasteiger partial charge in [0.15, 0.2) is 11.5 Å². The topological polar surface area (TPSA) is 68.4 Å². The molecule has 0 bridgehead atoms. The number of rotatable bonds is 2. The van der Waals surface area contributed by atoms with Crippen molar-refractivity contribution < 1.29 is 4.74 Å². The number of hydrogen-bond acceptors (Lipinski definition) is 7. The molecule has 0 aromatic carbocycles. The summed E-state index contributed by atoms with van der Waals surface area (Å²) in [6.45, 7) is 3.67. The number of aromatic nitrogens is 5. The Balaban J connectivity index is 1.63. The first kappa shape index (κ1) is 12.7. The lowest BCUT2D eigenvalue weighted by Gasteiger charge is -2.37. The second-order valence-corrected chi connectivity index (χ2v) is 5.90. The molecule has 0 saturated carbocycles. The van der Waals surface area contributed by atoms with E-state index in [-0.39, 0.29) is 12.2 Å². The SMILES string of the molecule is C[C@H]1CN(c2ccc3nnnn3n2)C[C@H](c2ccsc2)O1. The Hall–Kier alpha value is -2.06. The van der Waals surface area contributed by atoms with Crippen molar-refractivity contribution in [2.45, 2.75) is 19.1 Å². The Bertz CT molecular complexity index is 742. The van der Waals surface area contributed by atoms with Crippen LogP contribution in [0, 0.1) is 0 Å². The predicted octanol–water partition coefficient (Wildman–Crippen LogP) is 1.55. The van der Waals surface area contributed by atoms with Gasteiger partial charge in [-0.2, -0.15) is 11.3 Å². The van der Waals surface area contributed by atoms with E-state index in [1.165, 1.54) is 10.2 Å². The summed E-state index contributed by atoms with van der Waals surface area (Å²) in [6, 6.07) is 5.94. The highest BCUT2D eigenvalue weighted by Crippen LogP contribution is 2.28. The molecule has 0 spiro atoms. The van der Waals surface area contributed by atoms with Gasteiger partial charge in [0.05, 0.1) is 6.10 Å². The quantitative estimate of drug-likeness (QED) is 0.715. The largest absolute Gasteiger partial charge is 0.367 e. The van der Waals surface area contributed by atoms with Crippen LogP contribution in [0.1, 0.15) is 18.6 Å². The molecule has 0 amide bonds. The molecular weight excluding hydrogens is 288 g/mol. The fourth-order valence-corrected chi connectivity index (χ4v) is 3.29. The van der Waals surface area contributed by atoms with Crippen LogP contribution < -0.4 is 4.90 Å². The number of thiophene rings is 1. The molecule has 1 aliphatic heterocycles.